The molecule has 0 saturated heterocycles. The fourth-order valence-corrected chi connectivity index (χ4v) is 5.29. The summed E-state index contributed by atoms with van der Waals surface area (Å²) in [5.74, 6) is -0.102. The van der Waals surface area contributed by atoms with Gasteiger partial charge in [-0.25, -0.2) is 0 Å². The first-order valence-electron chi connectivity index (χ1n) is 11.6. The van der Waals surface area contributed by atoms with Crippen molar-refractivity contribution in [3.63, 3.8) is 0 Å². The highest BCUT2D eigenvalue weighted by Gasteiger charge is 2.53. The first kappa shape index (κ1) is 25.4. The highest BCUT2D eigenvalue weighted by atomic mass is 32.2. The molecule has 0 fully saturated rings. The van der Waals surface area contributed by atoms with Crippen LogP contribution in [0.15, 0.2) is 108 Å². The second kappa shape index (κ2) is 9.41. The van der Waals surface area contributed by atoms with Crippen LogP contribution in [0.2, 0.25) is 0 Å². The van der Waals surface area contributed by atoms with Gasteiger partial charge in [-0.15, -0.1) is 0 Å². The number of para-hydroxylation sites is 2. The fraction of sp³-hybridized carbons (Fsp3) is 0.207. The maximum absolute atomic E-state index is 12.2. The van der Waals surface area contributed by atoms with E-state index in [1.54, 1.807) is 23.2 Å². The molecule has 7 heteroatoms. The summed E-state index contributed by atoms with van der Waals surface area (Å²) < 4.78 is 33.5. The number of hydrogen-bond donors (Lipinski definition) is 1. The molecule has 0 aliphatic carbocycles. The minimum Gasteiger partial charge on any atom is -0.331 e. The summed E-state index contributed by atoms with van der Waals surface area (Å²) in [4.78, 5) is 15.9. The SMILES string of the molecule is CC(=O)N(/C=C/C=C/[C@@]1(C)N(c2ccccc2)c2ccc(S(=O)(=O)O)cc2C1(C)C)c1ccccc1. The molecular weight excluding hydrogens is 472 g/mol. The van der Waals surface area contributed by atoms with Crippen molar-refractivity contribution in [3.05, 3.63) is 109 Å². The van der Waals surface area contributed by atoms with Gasteiger partial charge in [-0.3, -0.25) is 14.2 Å². The number of rotatable bonds is 6. The monoisotopic (exact) mass is 502 g/mol. The lowest BCUT2D eigenvalue weighted by Gasteiger charge is -2.43. The van der Waals surface area contributed by atoms with E-state index in [0.717, 1.165) is 22.6 Å². The number of amides is 1. The Hall–Kier alpha value is -3.68. The average Bonchev–Trinajstić information content (AvgIpc) is 3.01. The number of allylic oxidation sites excluding steroid dienone is 2. The molecule has 0 radical (unpaired) electrons. The zero-order chi connectivity index (χ0) is 26.1. The van der Waals surface area contributed by atoms with Gasteiger partial charge in [0, 0.05) is 35.6 Å². The lowest BCUT2D eigenvalue weighted by atomic mass is 9.71. The summed E-state index contributed by atoms with van der Waals surface area (Å²) in [6, 6.07) is 24.0. The molecule has 36 heavy (non-hydrogen) atoms. The number of anilines is 3. The quantitative estimate of drug-likeness (QED) is 0.319. The van der Waals surface area contributed by atoms with E-state index < -0.39 is 21.1 Å². The smallest absolute Gasteiger partial charge is 0.294 e. The van der Waals surface area contributed by atoms with E-state index in [4.69, 9.17) is 0 Å². The van der Waals surface area contributed by atoms with Gasteiger partial charge in [0.2, 0.25) is 5.91 Å². The van der Waals surface area contributed by atoms with E-state index in [2.05, 4.69) is 31.7 Å². The normalized spacial score (nSPS) is 19.1. The van der Waals surface area contributed by atoms with Crippen molar-refractivity contribution >= 4 is 33.1 Å². The van der Waals surface area contributed by atoms with Crippen LogP contribution in [0, 0.1) is 0 Å². The van der Waals surface area contributed by atoms with Crippen LogP contribution < -0.4 is 9.80 Å². The molecule has 1 heterocycles. The van der Waals surface area contributed by atoms with Crippen molar-refractivity contribution in [1.29, 1.82) is 0 Å². The van der Waals surface area contributed by atoms with Crippen molar-refractivity contribution in [2.24, 2.45) is 0 Å². The van der Waals surface area contributed by atoms with Gasteiger partial charge in [0.15, 0.2) is 0 Å². The Morgan fingerprint density at radius 1 is 0.917 bits per heavy atom. The molecule has 0 aromatic heterocycles. The second-order valence-electron chi connectivity index (χ2n) is 9.52. The molecule has 1 atom stereocenters. The van der Waals surface area contributed by atoms with Crippen molar-refractivity contribution in [1.82, 2.24) is 0 Å². The Morgan fingerprint density at radius 3 is 2.11 bits per heavy atom. The van der Waals surface area contributed by atoms with Gasteiger partial charge >= 0.3 is 0 Å². The van der Waals surface area contributed by atoms with E-state index in [1.165, 1.54) is 13.0 Å². The van der Waals surface area contributed by atoms with Crippen molar-refractivity contribution in [3.8, 4) is 0 Å². The van der Waals surface area contributed by atoms with E-state index in [-0.39, 0.29) is 10.8 Å². The van der Waals surface area contributed by atoms with Crippen LogP contribution in [-0.2, 0) is 20.3 Å². The maximum atomic E-state index is 12.2. The van der Waals surface area contributed by atoms with Gasteiger partial charge in [0.1, 0.15) is 0 Å². The van der Waals surface area contributed by atoms with Crippen molar-refractivity contribution in [2.75, 3.05) is 9.80 Å². The predicted molar refractivity (Wildman–Crippen MR) is 144 cm³/mol. The van der Waals surface area contributed by atoms with Crippen LogP contribution >= 0.6 is 0 Å². The van der Waals surface area contributed by atoms with E-state index >= 15 is 0 Å². The first-order valence-corrected chi connectivity index (χ1v) is 13.1. The van der Waals surface area contributed by atoms with Crippen molar-refractivity contribution in [2.45, 2.75) is 43.5 Å². The molecule has 186 valence electrons. The third-order valence-corrected chi connectivity index (χ3v) is 7.91. The van der Waals surface area contributed by atoms with Crippen LogP contribution in [0.1, 0.15) is 33.3 Å². The van der Waals surface area contributed by atoms with Gasteiger partial charge in [0.05, 0.1) is 10.4 Å². The maximum Gasteiger partial charge on any atom is 0.294 e. The topological polar surface area (TPSA) is 77.9 Å². The second-order valence-corrected chi connectivity index (χ2v) is 10.9. The van der Waals surface area contributed by atoms with Gasteiger partial charge in [-0.2, -0.15) is 8.42 Å². The van der Waals surface area contributed by atoms with E-state index in [0.29, 0.717) is 0 Å². The number of nitrogens with zero attached hydrogens (tertiary/aromatic N) is 2. The molecule has 4 rings (SSSR count). The standard InChI is InChI=1S/C29H30N2O4S/c1-22(32)30(23-13-7-5-8-14-23)20-12-11-19-29(4)28(2,3)26-21-25(36(33,34)35)17-18-27(26)31(29)24-15-9-6-10-16-24/h5-21H,1-4H3,(H,33,34,35)/b19-11+,20-12+/t29-/m1/s1. The van der Waals surface area contributed by atoms with Gasteiger partial charge < -0.3 is 4.90 Å². The number of hydrogen-bond acceptors (Lipinski definition) is 4. The first-order chi connectivity index (χ1) is 17.0. The summed E-state index contributed by atoms with van der Waals surface area (Å²) in [6.45, 7) is 7.73. The Bertz CT molecular complexity index is 1430. The van der Waals surface area contributed by atoms with Gasteiger partial charge in [-0.1, -0.05) is 62.4 Å². The van der Waals surface area contributed by atoms with E-state index in [1.807, 2.05) is 72.8 Å². The Labute approximate surface area is 212 Å². The van der Waals surface area contributed by atoms with Gasteiger partial charge in [0.25, 0.3) is 10.1 Å². The third-order valence-electron chi connectivity index (χ3n) is 7.07. The lowest BCUT2D eigenvalue weighted by molar-refractivity contribution is -0.116. The molecule has 1 aliphatic rings. The fourth-order valence-electron chi connectivity index (χ4n) is 4.78. The largest absolute Gasteiger partial charge is 0.331 e. The predicted octanol–water partition coefficient (Wildman–Crippen LogP) is 6.24. The molecule has 0 spiro atoms. The van der Waals surface area contributed by atoms with Crippen molar-refractivity contribution < 1.29 is 17.8 Å². The highest BCUT2D eigenvalue weighted by molar-refractivity contribution is 7.85. The minimum atomic E-state index is -4.34. The van der Waals surface area contributed by atoms with E-state index in [9.17, 15) is 17.8 Å². The molecule has 0 saturated carbocycles. The average molecular weight is 503 g/mol. The van der Waals surface area contributed by atoms with Crippen LogP contribution in [0.3, 0.4) is 0 Å². The molecular formula is C29H30N2O4S. The number of benzene rings is 3. The zero-order valence-electron chi connectivity index (χ0n) is 20.8. The van der Waals surface area contributed by atoms with Crippen LogP contribution in [0.4, 0.5) is 17.1 Å². The van der Waals surface area contributed by atoms with Crippen LogP contribution in [0.25, 0.3) is 0 Å². The Morgan fingerprint density at radius 2 is 1.53 bits per heavy atom. The molecule has 3 aromatic carbocycles. The molecule has 1 amide bonds. The lowest BCUT2D eigenvalue weighted by Crippen LogP contribution is -2.49. The summed E-state index contributed by atoms with van der Waals surface area (Å²) in [7, 11) is -4.34. The molecule has 6 nitrogen and oxygen atoms in total. The summed E-state index contributed by atoms with van der Waals surface area (Å²) in [6.07, 6.45) is 7.53. The highest BCUT2D eigenvalue weighted by Crippen LogP contribution is 2.55. The molecule has 0 bridgehead atoms. The number of fused-ring (bicyclic) bond motifs is 1. The summed E-state index contributed by atoms with van der Waals surface area (Å²) in [5.41, 5.74) is 2.26. The molecule has 1 aliphatic heterocycles. The summed E-state index contributed by atoms with van der Waals surface area (Å²) >= 11 is 0. The molecule has 1 N–H and O–H groups in total. The number of carbonyl (C=O) groups excluding carboxylic acids is 1. The van der Waals surface area contributed by atoms with Crippen LogP contribution in [-0.4, -0.2) is 24.4 Å². The Kier molecular flexibility index (Phi) is 6.64. The number of carbonyl (C=O) groups is 1. The Balaban J connectivity index is 1.78. The minimum absolute atomic E-state index is 0.102. The molecule has 0 unspecified atom stereocenters. The zero-order valence-corrected chi connectivity index (χ0v) is 21.6. The van der Waals surface area contributed by atoms with Gasteiger partial charge in [-0.05, 0) is 61.0 Å². The van der Waals surface area contributed by atoms with Crippen LogP contribution in [0.5, 0.6) is 0 Å². The molecule has 3 aromatic rings. The third kappa shape index (κ3) is 4.47. The summed E-state index contributed by atoms with van der Waals surface area (Å²) in [5, 5.41) is 0.